The average molecular weight is 331 g/mol. The van der Waals surface area contributed by atoms with E-state index in [1.165, 1.54) is 6.07 Å². The van der Waals surface area contributed by atoms with Gasteiger partial charge in [-0.25, -0.2) is 4.39 Å². The third-order valence-electron chi connectivity index (χ3n) is 6.33. The first-order valence-corrected chi connectivity index (χ1v) is 8.71. The summed E-state index contributed by atoms with van der Waals surface area (Å²) >= 11 is 0. The van der Waals surface area contributed by atoms with Gasteiger partial charge in [-0.15, -0.1) is 0 Å². The van der Waals surface area contributed by atoms with Crippen LogP contribution in [-0.2, 0) is 16.0 Å². The largest absolute Gasteiger partial charge is 0.481 e. The third-order valence-corrected chi connectivity index (χ3v) is 6.33. The van der Waals surface area contributed by atoms with E-state index in [0.29, 0.717) is 25.1 Å². The number of halogens is 1. The second-order valence-corrected chi connectivity index (χ2v) is 7.80. The van der Waals surface area contributed by atoms with Crippen LogP contribution in [0.15, 0.2) is 24.3 Å². The summed E-state index contributed by atoms with van der Waals surface area (Å²) in [6, 6.07) is 6.68. The Bertz CT molecular complexity index is 690. The van der Waals surface area contributed by atoms with E-state index in [1.54, 1.807) is 12.1 Å². The number of hydrogen-bond acceptors (Lipinski definition) is 2. The van der Waals surface area contributed by atoms with Gasteiger partial charge in [-0.05, 0) is 55.6 Å². The fourth-order valence-electron chi connectivity index (χ4n) is 4.36. The zero-order chi connectivity index (χ0) is 16.9. The van der Waals surface area contributed by atoms with Gasteiger partial charge in [-0.1, -0.05) is 18.2 Å². The summed E-state index contributed by atoms with van der Waals surface area (Å²) in [5.41, 5.74) is 0.123. The van der Waals surface area contributed by atoms with Crippen molar-refractivity contribution in [3.05, 3.63) is 35.6 Å². The summed E-state index contributed by atoms with van der Waals surface area (Å²) in [4.78, 5) is 26.0. The van der Waals surface area contributed by atoms with Crippen LogP contribution in [0.1, 0.15) is 37.7 Å². The first-order chi connectivity index (χ1) is 11.5. The summed E-state index contributed by atoms with van der Waals surface area (Å²) < 4.78 is 13.9. The number of benzene rings is 1. The molecule has 1 N–H and O–H groups in total. The zero-order valence-corrected chi connectivity index (χ0v) is 13.6. The standard InChI is InChI=1S/C19H22FNO3/c20-15-4-2-1-3-13(15)11-19(5-6-19)17(24)21-9-7-18(8-10-21)12-14(18)16(22)23/h1-4,14H,5-12H2,(H,22,23). The Kier molecular flexibility index (Phi) is 3.44. The Morgan fingerprint density at radius 2 is 1.83 bits per heavy atom. The second kappa shape index (κ2) is 5.30. The molecule has 1 spiro atoms. The minimum atomic E-state index is -0.701. The Hall–Kier alpha value is -1.91. The zero-order valence-electron chi connectivity index (χ0n) is 13.6. The lowest BCUT2D eigenvalue weighted by molar-refractivity contribution is -0.140. The number of hydrogen-bond donors (Lipinski definition) is 1. The molecule has 2 aliphatic carbocycles. The molecule has 1 saturated heterocycles. The van der Waals surface area contributed by atoms with Gasteiger partial charge >= 0.3 is 5.97 Å². The molecule has 24 heavy (non-hydrogen) atoms. The summed E-state index contributed by atoms with van der Waals surface area (Å²) in [5, 5.41) is 9.16. The van der Waals surface area contributed by atoms with Gasteiger partial charge in [0.15, 0.2) is 0 Å². The minimum absolute atomic E-state index is 0.0646. The first kappa shape index (κ1) is 15.6. The highest BCUT2D eigenvalue weighted by atomic mass is 19.1. The Balaban J connectivity index is 1.40. The van der Waals surface area contributed by atoms with Crippen LogP contribution in [0.3, 0.4) is 0 Å². The van der Waals surface area contributed by atoms with Crippen LogP contribution < -0.4 is 0 Å². The number of aliphatic carboxylic acids is 1. The van der Waals surface area contributed by atoms with Gasteiger partial charge in [-0.2, -0.15) is 0 Å². The number of nitrogens with zero attached hydrogens (tertiary/aromatic N) is 1. The van der Waals surface area contributed by atoms with Crippen LogP contribution in [0.5, 0.6) is 0 Å². The Morgan fingerprint density at radius 3 is 2.38 bits per heavy atom. The maximum absolute atomic E-state index is 13.9. The van der Waals surface area contributed by atoms with Crippen LogP contribution in [0.4, 0.5) is 4.39 Å². The number of amides is 1. The lowest BCUT2D eigenvalue weighted by Gasteiger charge is -2.35. The van der Waals surface area contributed by atoms with Crippen molar-refractivity contribution in [1.29, 1.82) is 0 Å². The maximum Gasteiger partial charge on any atom is 0.307 e. The van der Waals surface area contributed by atoms with Crippen molar-refractivity contribution in [3.63, 3.8) is 0 Å². The van der Waals surface area contributed by atoms with E-state index in [0.717, 1.165) is 32.1 Å². The average Bonchev–Trinajstić information content (AvgIpc) is 3.47. The molecule has 1 aliphatic heterocycles. The van der Waals surface area contributed by atoms with Gasteiger partial charge in [0.05, 0.1) is 11.3 Å². The van der Waals surface area contributed by atoms with Crippen LogP contribution in [-0.4, -0.2) is 35.0 Å². The highest BCUT2D eigenvalue weighted by Gasteiger charge is 2.60. The fourth-order valence-corrected chi connectivity index (χ4v) is 4.36. The topological polar surface area (TPSA) is 57.6 Å². The maximum atomic E-state index is 13.9. The quantitative estimate of drug-likeness (QED) is 0.923. The molecule has 4 rings (SSSR count). The molecule has 128 valence electrons. The molecule has 5 heteroatoms. The number of rotatable bonds is 4. The van der Waals surface area contributed by atoms with Crippen LogP contribution in [0.25, 0.3) is 0 Å². The number of likely N-dealkylation sites (tertiary alicyclic amines) is 1. The van der Waals surface area contributed by atoms with E-state index < -0.39 is 11.4 Å². The summed E-state index contributed by atoms with van der Waals surface area (Å²) in [6.45, 7) is 1.28. The molecule has 0 aromatic heterocycles. The van der Waals surface area contributed by atoms with Crippen molar-refractivity contribution in [1.82, 2.24) is 4.90 Å². The van der Waals surface area contributed by atoms with Gasteiger partial charge in [0.1, 0.15) is 5.82 Å². The normalized spacial score (nSPS) is 26.2. The van der Waals surface area contributed by atoms with Crippen molar-refractivity contribution in [2.24, 2.45) is 16.7 Å². The molecule has 3 fully saturated rings. The predicted molar refractivity (Wildman–Crippen MR) is 85.8 cm³/mol. The Morgan fingerprint density at radius 1 is 1.17 bits per heavy atom. The molecule has 3 aliphatic rings. The van der Waals surface area contributed by atoms with E-state index in [1.807, 2.05) is 11.0 Å². The first-order valence-electron chi connectivity index (χ1n) is 8.71. The van der Waals surface area contributed by atoms with E-state index in [-0.39, 0.29) is 23.1 Å². The highest BCUT2D eigenvalue weighted by Crippen LogP contribution is 2.60. The summed E-state index contributed by atoms with van der Waals surface area (Å²) in [7, 11) is 0. The molecule has 2 saturated carbocycles. The smallest absolute Gasteiger partial charge is 0.307 e. The molecule has 0 bridgehead atoms. The van der Waals surface area contributed by atoms with Crippen LogP contribution in [0, 0.1) is 22.6 Å². The van der Waals surface area contributed by atoms with Crippen LogP contribution >= 0.6 is 0 Å². The van der Waals surface area contributed by atoms with Crippen LogP contribution in [0.2, 0.25) is 0 Å². The van der Waals surface area contributed by atoms with E-state index in [2.05, 4.69) is 0 Å². The SMILES string of the molecule is O=C(O)C1CC12CCN(C(=O)C1(Cc3ccccc3F)CC1)CC2. The van der Waals surface area contributed by atoms with Gasteiger partial charge < -0.3 is 10.0 Å². The summed E-state index contributed by atoms with van der Waals surface area (Å²) in [6.07, 6.45) is 4.43. The van der Waals surface area contributed by atoms with E-state index in [4.69, 9.17) is 5.11 Å². The van der Waals surface area contributed by atoms with Crippen molar-refractivity contribution < 1.29 is 19.1 Å². The van der Waals surface area contributed by atoms with Gasteiger partial charge in [-0.3, -0.25) is 9.59 Å². The van der Waals surface area contributed by atoms with Crippen molar-refractivity contribution in [2.45, 2.75) is 38.5 Å². The van der Waals surface area contributed by atoms with Crippen molar-refractivity contribution in [3.8, 4) is 0 Å². The molecule has 0 radical (unpaired) electrons. The second-order valence-electron chi connectivity index (χ2n) is 7.80. The summed E-state index contributed by atoms with van der Waals surface area (Å²) in [5.74, 6) is -1.03. The molecule has 1 unspecified atom stereocenters. The lowest BCUT2D eigenvalue weighted by atomic mass is 9.88. The lowest BCUT2D eigenvalue weighted by Crippen LogP contribution is -2.44. The molecule has 1 amide bonds. The van der Waals surface area contributed by atoms with Gasteiger partial charge in [0.25, 0.3) is 0 Å². The Labute approximate surface area is 140 Å². The van der Waals surface area contributed by atoms with E-state index >= 15 is 0 Å². The van der Waals surface area contributed by atoms with Crippen molar-refractivity contribution in [2.75, 3.05) is 13.1 Å². The van der Waals surface area contributed by atoms with E-state index in [9.17, 15) is 14.0 Å². The molecule has 1 heterocycles. The van der Waals surface area contributed by atoms with Gasteiger partial charge in [0.2, 0.25) is 5.91 Å². The fraction of sp³-hybridized carbons (Fsp3) is 0.579. The molecule has 1 atom stereocenters. The predicted octanol–water partition coefficient (Wildman–Crippen LogP) is 2.86. The van der Waals surface area contributed by atoms with Gasteiger partial charge in [0, 0.05) is 13.1 Å². The minimum Gasteiger partial charge on any atom is -0.481 e. The molecule has 1 aromatic carbocycles. The third kappa shape index (κ3) is 2.50. The molecule has 4 nitrogen and oxygen atoms in total. The highest BCUT2D eigenvalue weighted by molar-refractivity contribution is 5.86. The number of carbonyl (C=O) groups is 2. The monoisotopic (exact) mass is 331 g/mol. The number of carboxylic acid groups (broad SMARTS) is 1. The number of carbonyl (C=O) groups excluding carboxylic acids is 1. The molecular weight excluding hydrogens is 309 g/mol. The molecule has 1 aromatic rings. The van der Waals surface area contributed by atoms with Crippen molar-refractivity contribution >= 4 is 11.9 Å². The number of piperidine rings is 1. The number of carboxylic acids is 1. The molecular formula is C19H22FNO3.